The van der Waals surface area contributed by atoms with Crippen molar-refractivity contribution in [1.82, 2.24) is 0 Å². The second-order valence-electron chi connectivity index (χ2n) is 4.45. The Labute approximate surface area is 111 Å². The van der Waals surface area contributed by atoms with E-state index in [4.69, 9.17) is 5.73 Å². The predicted molar refractivity (Wildman–Crippen MR) is 75.5 cm³/mol. The van der Waals surface area contributed by atoms with Gasteiger partial charge in [-0.1, -0.05) is 30.3 Å². The zero-order chi connectivity index (χ0) is 13.7. The maximum absolute atomic E-state index is 13.2. The molecule has 0 spiro atoms. The number of hydrogen-bond donors (Lipinski definition) is 3. The average molecular weight is 260 g/mol. The van der Waals surface area contributed by atoms with E-state index in [1.807, 2.05) is 30.3 Å². The van der Waals surface area contributed by atoms with Gasteiger partial charge >= 0.3 is 0 Å². The molecular formula is C15H17FN2O. The van der Waals surface area contributed by atoms with Crippen molar-refractivity contribution < 1.29 is 9.50 Å². The summed E-state index contributed by atoms with van der Waals surface area (Å²) in [7, 11) is 0. The summed E-state index contributed by atoms with van der Waals surface area (Å²) >= 11 is 0. The smallest absolute Gasteiger partial charge is 0.125 e. The molecule has 3 nitrogen and oxygen atoms in total. The number of rotatable bonds is 5. The summed E-state index contributed by atoms with van der Waals surface area (Å²) in [6, 6.07) is 13.8. The summed E-state index contributed by atoms with van der Waals surface area (Å²) in [4.78, 5) is 0. The van der Waals surface area contributed by atoms with Crippen molar-refractivity contribution in [2.45, 2.75) is 12.5 Å². The van der Waals surface area contributed by atoms with Gasteiger partial charge in [0.05, 0.1) is 24.0 Å². The van der Waals surface area contributed by atoms with Crippen molar-refractivity contribution in [1.29, 1.82) is 0 Å². The van der Waals surface area contributed by atoms with E-state index in [-0.39, 0.29) is 18.5 Å². The number of benzene rings is 2. The lowest BCUT2D eigenvalue weighted by molar-refractivity contribution is 0.273. The number of nitrogens with two attached hydrogens (primary N) is 1. The van der Waals surface area contributed by atoms with Gasteiger partial charge < -0.3 is 16.2 Å². The van der Waals surface area contributed by atoms with E-state index in [0.717, 1.165) is 5.56 Å². The first-order valence-corrected chi connectivity index (χ1v) is 6.15. The highest BCUT2D eigenvalue weighted by Gasteiger charge is 2.10. The lowest BCUT2D eigenvalue weighted by Crippen LogP contribution is -2.26. The van der Waals surface area contributed by atoms with Crippen LogP contribution in [0.5, 0.6) is 0 Å². The Morgan fingerprint density at radius 1 is 1.16 bits per heavy atom. The van der Waals surface area contributed by atoms with Gasteiger partial charge in [-0.25, -0.2) is 4.39 Å². The molecule has 0 bridgehead atoms. The van der Waals surface area contributed by atoms with Gasteiger partial charge in [0, 0.05) is 0 Å². The van der Waals surface area contributed by atoms with Gasteiger partial charge in [-0.15, -0.1) is 0 Å². The Hall–Kier alpha value is -2.07. The molecule has 0 aliphatic carbocycles. The largest absolute Gasteiger partial charge is 0.397 e. The zero-order valence-corrected chi connectivity index (χ0v) is 10.5. The molecule has 0 aromatic heterocycles. The summed E-state index contributed by atoms with van der Waals surface area (Å²) < 4.78 is 13.2. The maximum atomic E-state index is 13.2. The van der Waals surface area contributed by atoms with Gasteiger partial charge in [-0.05, 0) is 30.2 Å². The lowest BCUT2D eigenvalue weighted by Gasteiger charge is -2.19. The molecule has 1 unspecified atom stereocenters. The molecule has 0 fully saturated rings. The fraction of sp³-hybridized carbons (Fsp3) is 0.200. The Morgan fingerprint density at radius 3 is 2.58 bits per heavy atom. The summed E-state index contributed by atoms with van der Waals surface area (Å²) in [6.45, 7) is -0.0507. The molecule has 0 aliphatic heterocycles. The van der Waals surface area contributed by atoms with E-state index in [0.29, 0.717) is 17.8 Å². The summed E-state index contributed by atoms with van der Waals surface area (Å²) in [5.74, 6) is -0.354. The van der Waals surface area contributed by atoms with Crippen molar-refractivity contribution in [3.05, 3.63) is 59.9 Å². The van der Waals surface area contributed by atoms with Gasteiger partial charge in [-0.2, -0.15) is 0 Å². The topological polar surface area (TPSA) is 58.3 Å². The first kappa shape index (κ1) is 13.4. The number of hydrogen-bond acceptors (Lipinski definition) is 3. The molecule has 0 saturated carbocycles. The van der Waals surface area contributed by atoms with Crippen molar-refractivity contribution in [3.63, 3.8) is 0 Å². The van der Waals surface area contributed by atoms with Crippen LogP contribution in [-0.2, 0) is 6.42 Å². The van der Waals surface area contributed by atoms with Gasteiger partial charge in [-0.3, -0.25) is 0 Å². The Kier molecular flexibility index (Phi) is 4.36. The standard InChI is InChI=1S/C15H17FN2O/c16-12-6-7-14(17)15(9-12)18-13(10-19)8-11-4-2-1-3-5-11/h1-7,9,13,18-19H,8,10,17H2. The highest BCUT2D eigenvalue weighted by atomic mass is 19.1. The minimum absolute atomic E-state index is 0.0507. The SMILES string of the molecule is Nc1ccc(F)cc1NC(CO)Cc1ccccc1. The first-order chi connectivity index (χ1) is 9.19. The third-order valence-electron chi connectivity index (χ3n) is 2.92. The number of aliphatic hydroxyl groups excluding tert-OH is 1. The van der Waals surface area contributed by atoms with Crippen LogP contribution in [0.3, 0.4) is 0 Å². The second-order valence-corrected chi connectivity index (χ2v) is 4.45. The molecule has 100 valence electrons. The third kappa shape index (κ3) is 3.69. The van der Waals surface area contributed by atoms with E-state index in [1.165, 1.54) is 18.2 Å². The maximum Gasteiger partial charge on any atom is 0.125 e. The number of nitrogen functional groups attached to an aromatic ring is 1. The Balaban J connectivity index is 2.09. The van der Waals surface area contributed by atoms with Crippen LogP contribution in [0.25, 0.3) is 0 Å². The van der Waals surface area contributed by atoms with E-state index < -0.39 is 0 Å². The number of halogens is 1. The summed E-state index contributed by atoms with van der Waals surface area (Å²) in [5.41, 5.74) is 7.85. The highest BCUT2D eigenvalue weighted by molar-refractivity contribution is 5.66. The Morgan fingerprint density at radius 2 is 1.89 bits per heavy atom. The number of anilines is 2. The van der Waals surface area contributed by atoms with Crippen molar-refractivity contribution in [2.75, 3.05) is 17.7 Å². The van der Waals surface area contributed by atoms with Crippen molar-refractivity contribution in [2.24, 2.45) is 0 Å². The normalized spacial score (nSPS) is 12.1. The van der Waals surface area contributed by atoms with Crippen LogP contribution in [0.1, 0.15) is 5.56 Å². The molecule has 4 heteroatoms. The Bertz CT molecular complexity index is 531. The fourth-order valence-electron chi connectivity index (χ4n) is 1.93. The molecule has 0 aliphatic rings. The predicted octanol–water partition coefficient (Wildman–Crippen LogP) is 2.42. The quantitative estimate of drug-likeness (QED) is 0.724. The fourth-order valence-corrected chi connectivity index (χ4v) is 1.93. The highest BCUT2D eigenvalue weighted by Crippen LogP contribution is 2.20. The van der Waals surface area contributed by atoms with Crippen LogP contribution < -0.4 is 11.1 Å². The molecule has 0 amide bonds. The molecule has 1 atom stereocenters. The minimum Gasteiger partial charge on any atom is -0.397 e. The van der Waals surface area contributed by atoms with Crippen LogP contribution in [0.4, 0.5) is 15.8 Å². The molecular weight excluding hydrogens is 243 g/mol. The van der Waals surface area contributed by atoms with E-state index in [9.17, 15) is 9.50 Å². The van der Waals surface area contributed by atoms with E-state index >= 15 is 0 Å². The van der Waals surface area contributed by atoms with Gasteiger partial charge in [0.15, 0.2) is 0 Å². The number of aliphatic hydroxyl groups is 1. The summed E-state index contributed by atoms with van der Waals surface area (Å²) in [6.07, 6.45) is 0.646. The molecule has 0 heterocycles. The van der Waals surface area contributed by atoms with Crippen LogP contribution in [-0.4, -0.2) is 17.8 Å². The van der Waals surface area contributed by atoms with Crippen molar-refractivity contribution in [3.8, 4) is 0 Å². The van der Waals surface area contributed by atoms with Crippen LogP contribution in [0.2, 0.25) is 0 Å². The van der Waals surface area contributed by atoms with Gasteiger partial charge in [0.1, 0.15) is 5.82 Å². The minimum atomic E-state index is -0.354. The van der Waals surface area contributed by atoms with Gasteiger partial charge in [0.25, 0.3) is 0 Å². The monoisotopic (exact) mass is 260 g/mol. The summed E-state index contributed by atoms with van der Waals surface area (Å²) in [5, 5.41) is 12.5. The van der Waals surface area contributed by atoms with Crippen molar-refractivity contribution >= 4 is 11.4 Å². The average Bonchev–Trinajstić information content (AvgIpc) is 2.43. The lowest BCUT2D eigenvalue weighted by atomic mass is 10.1. The van der Waals surface area contributed by atoms with Gasteiger partial charge in [0.2, 0.25) is 0 Å². The molecule has 0 saturated heterocycles. The van der Waals surface area contributed by atoms with Crippen LogP contribution in [0, 0.1) is 5.82 Å². The van der Waals surface area contributed by atoms with Crippen LogP contribution >= 0.6 is 0 Å². The molecule has 2 rings (SSSR count). The van der Waals surface area contributed by atoms with E-state index in [2.05, 4.69) is 5.32 Å². The molecule has 4 N–H and O–H groups in total. The molecule has 2 aromatic carbocycles. The van der Waals surface area contributed by atoms with E-state index in [1.54, 1.807) is 0 Å². The molecule has 0 radical (unpaired) electrons. The van der Waals surface area contributed by atoms with Crippen LogP contribution in [0.15, 0.2) is 48.5 Å². The first-order valence-electron chi connectivity index (χ1n) is 6.15. The molecule has 2 aromatic rings. The zero-order valence-electron chi connectivity index (χ0n) is 10.5. The third-order valence-corrected chi connectivity index (χ3v) is 2.92. The molecule has 19 heavy (non-hydrogen) atoms. The second kappa shape index (κ2) is 6.20. The number of nitrogens with one attached hydrogen (secondary N) is 1.